The van der Waals surface area contributed by atoms with Gasteiger partial charge in [-0.25, -0.2) is 0 Å². The molecule has 0 aliphatic carbocycles. The summed E-state index contributed by atoms with van der Waals surface area (Å²) in [5, 5.41) is 24.2. The summed E-state index contributed by atoms with van der Waals surface area (Å²) >= 11 is 0. The number of aliphatic hydroxyl groups is 1. The van der Waals surface area contributed by atoms with Crippen LogP contribution < -0.4 is 5.32 Å². The van der Waals surface area contributed by atoms with Gasteiger partial charge in [-0.15, -0.1) is 0 Å². The number of hydrogen-bond acceptors (Lipinski definition) is 5. The van der Waals surface area contributed by atoms with Gasteiger partial charge in [-0.2, -0.15) is 0 Å². The van der Waals surface area contributed by atoms with Crippen molar-refractivity contribution in [1.82, 2.24) is 4.90 Å². The predicted octanol–water partition coefficient (Wildman–Crippen LogP) is 1.98. The largest absolute Gasteiger partial charge is 0.389 e. The molecule has 2 N–H and O–H groups in total. The van der Waals surface area contributed by atoms with Gasteiger partial charge in [-0.05, 0) is 25.8 Å². The van der Waals surface area contributed by atoms with Crippen LogP contribution in [0.4, 0.5) is 11.4 Å². The van der Waals surface area contributed by atoms with E-state index < -0.39 is 5.60 Å². The van der Waals surface area contributed by atoms with Gasteiger partial charge >= 0.3 is 0 Å². The average Bonchev–Trinajstić information content (AvgIpc) is 2.71. The van der Waals surface area contributed by atoms with Crippen LogP contribution in [0.25, 0.3) is 0 Å². The minimum absolute atomic E-state index is 0.107. The summed E-state index contributed by atoms with van der Waals surface area (Å²) in [6.45, 7) is 6.39. The lowest BCUT2D eigenvalue weighted by Crippen LogP contribution is -2.29. The quantitative estimate of drug-likeness (QED) is 0.636. The molecular formula is C14H21N3O3. The van der Waals surface area contributed by atoms with Crippen molar-refractivity contribution in [3.63, 3.8) is 0 Å². The molecule has 110 valence electrons. The molecule has 6 nitrogen and oxygen atoms in total. The van der Waals surface area contributed by atoms with Crippen LogP contribution in [0.1, 0.15) is 25.8 Å². The molecule has 2 rings (SSSR count). The molecule has 1 aliphatic heterocycles. The van der Waals surface area contributed by atoms with E-state index in [0.29, 0.717) is 25.3 Å². The predicted molar refractivity (Wildman–Crippen MR) is 77.8 cm³/mol. The van der Waals surface area contributed by atoms with E-state index in [1.807, 2.05) is 19.9 Å². The molecule has 1 saturated heterocycles. The number of β-amino-alcohol motifs (C(OH)–C–C–N with tert-alkyl or cyclic N) is 1. The number of nitrogens with zero attached hydrogens (tertiary/aromatic N) is 2. The maximum Gasteiger partial charge on any atom is 0.292 e. The zero-order valence-electron chi connectivity index (χ0n) is 11.9. The van der Waals surface area contributed by atoms with Crippen LogP contribution >= 0.6 is 0 Å². The van der Waals surface area contributed by atoms with Gasteiger partial charge in [-0.1, -0.05) is 12.1 Å². The number of likely N-dealkylation sites (tertiary alicyclic amines) is 1. The minimum Gasteiger partial charge on any atom is -0.389 e. The fourth-order valence-electron chi connectivity index (χ4n) is 2.67. The molecule has 0 radical (unpaired) electrons. The van der Waals surface area contributed by atoms with Crippen molar-refractivity contribution in [3.8, 4) is 0 Å². The van der Waals surface area contributed by atoms with Crippen molar-refractivity contribution in [2.24, 2.45) is 0 Å². The van der Waals surface area contributed by atoms with Crippen molar-refractivity contribution >= 4 is 11.4 Å². The third-order valence-corrected chi connectivity index (χ3v) is 3.60. The third kappa shape index (κ3) is 3.26. The molecule has 1 fully saturated rings. The fraction of sp³-hybridized carbons (Fsp3) is 0.571. The first kappa shape index (κ1) is 14.7. The molecule has 20 heavy (non-hydrogen) atoms. The van der Waals surface area contributed by atoms with E-state index in [1.165, 1.54) is 6.07 Å². The smallest absolute Gasteiger partial charge is 0.292 e. The summed E-state index contributed by atoms with van der Waals surface area (Å²) in [7, 11) is 0. The highest BCUT2D eigenvalue weighted by molar-refractivity contribution is 5.66. The van der Waals surface area contributed by atoms with Crippen molar-refractivity contribution in [3.05, 3.63) is 33.9 Å². The van der Waals surface area contributed by atoms with Gasteiger partial charge in [-0.3, -0.25) is 15.0 Å². The van der Waals surface area contributed by atoms with Crippen LogP contribution in [0.5, 0.6) is 0 Å². The van der Waals surface area contributed by atoms with Crippen LogP contribution in [0, 0.1) is 10.1 Å². The molecule has 1 atom stereocenters. The van der Waals surface area contributed by atoms with Gasteiger partial charge in [0, 0.05) is 32.2 Å². The lowest BCUT2D eigenvalue weighted by atomic mass is 10.1. The fourth-order valence-corrected chi connectivity index (χ4v) is 2.67. The number of nitrogens with one attached hydrogen (secondary N) is 1. The number of nitro groups is 1. The Bertz CT molecular complexity index is 502. The van der Waals surface area contributed by atoms with E-state index in [2.05, 4.69) is 10.2 Å². The van der Waals surface area contributed by atoms with Crippen molar-refractivity contribution in [2.45, 2.75) is 32.4 Å². The Balaban J connectivity index is 2.23. The summed E-state index contributed by atoms with van der Waals surface area (Å²) in [4.78, 5) is 12.9. The van der Waals surface area contributed by atoms with E-state index >= 15 is 0 Å². The van der Waals surface area contributed by atoms with Crippen molar-refractivity contribution < 1.29 is 10.0 Å². The summed E-state index contributed by atoms with van der Waals surface area (Å²) in [5.74, 6) is 0. The Morgan fingerprint density at radius 3 is 2.85 bits per heavy atom. The van der Waals surface area contributed by atoms with Gasteiger partial charge in [0.15, 0.2) is 0 Å². The van der Waals surface area contributed by atoms with Gasteiger partial charge in [0.25, 0.3) is 5.69 Å². The lowest BCUT2D eigenvalue weighted by Gasteiger charge is -2.20. The zero-order valence-corrected chi connectivity index (χ0v) is 11.9. The Morgan fingerprint density at radius 1 is 1.55 bits per heavy atom. The Hall–Kier alpha value is -1.66. The van der Waals surface area contributed by atoms with Crippen LogP contribution in [0.2, 0.25) is 0 Å². The number of para-hydroxylation sites is 1. The molecule has 0 bridgehead atoms. The lowest BCUT2D eigenvalue weighted by molar-refractivity contribution is -0.384. The Labute approximate surface area is 118 Å². The standard InChI is InChI=1S/C14H21N3O3/c1-3-15-13-11(5-4-6-12(13)17(19)20)9-16-8-7-14(2,18)10-16/h4-6,15,18H,3,7-10H2,1-2H3. The van der Waals surface area contributed by atoms with Crippen molar-refractivity contribution in [1.29, 1.82) is 0 Å². The number of anilines is 1. The molecule has 0 aromatic heterocycles. The number of rotatable bonds is 5. The third-order valence-electron chi connectivity index (χ3n) is 3.60. The average molecular weight is 279 g/mol. The first-order valence-electron chi connectivity index (χ1n) is 6.88. The van der Waals surface area contributed by atoms with Crippen LogP contribution in [0.3, 0.4) is 0 Å². The minimum atomic E-state index is -0.654. The second kappa shape index (κ2) is 5.76. The molecule has 1 aromatic carbocycles. The molecule has 1 aliphatic rings. The summed E-state index contributed by atoms with van der Waals surface area (Å²) in [6, 6.07) is 5.13. The molecule has 0 saturated carbocycles. The molecule has 1 unspecified atom stereocenters. The first-order chi connectivity index (χ1) is 9.43. The Morgan fingerprint density at radius 2 is 2.30 bits per heavy atom. The number of hydrogen-bond donors (Lipinski definition) is 2. The maximum absolute atomic E-state index is 11.1. The van der Waals surface area contributed by atoms with Crippen LogP contribution in [0.15, 0.2) is 18.2 Å². The SMILES string of the molecule is CCNc1c(CN2CCC(C)(O)C2)cccc1[N+](=O)[O-]. The number of benzene rings is 1. The van der Waals surface area contributed by atoms with E-state index in [9.17, 15) is 15.2 Å². The van der Waals surface area contributed by atoms with E-state index in [-0.39, 0.29) is 10.6 Å². The highest BCUT2D eigenvalue weighted by Gasteiger charge is 2.31. The summed E-state index contributed by atoms with van der Waals surface area (Å²) in [5.41, 5.74) is 0.944. The summed E-state index contributed by atoms with van der Waals surface area (Å²) in [6.07, 6.45) is 0.735. The second-order valence-electron chi connectivity index (χ2n) is 5.56. The molecule has 1 aromatic rings. The second-order valence-corrected chi connectivity index (χ2v) is 5.56. The monoisotopic (exact) mass is 279 g/mol. The van der Waals surface area contributed by atoms with Gasteiger partial charge < -0.3 is 10.4 Å². The topological polar surface area (TPSA) is 78.6 Å². The Kier molecular flexibility index (Phi) is 4.25. The van der Waals surface area contributed by atoms with Crippen LogP contribution in [-0.4, -0.2) is 40.2 Å². The molecule has 1 heterocycles. The van der Waals surface area contributed by atoms with Gasteiger partial charge in [0.05, 0.1) is 10.5 Å². The van der Waals surface area contributed by atoms with E-state index in [4.69, 9.17) is 0 Å². The maximum atomic E-state index is 11.1. The molecule has 0 spiro atoms. The molecule has 6 heteroatoms. The number of nitro benzene ring substituents is 1. The summed E-state index contributed by atoms with van der Waals surface area (Å²) < 4.78 is 0. The van der Waals surface area contributed by atoms with Crippen LogP contribution in [-0.2, 0) is 6.54 Å². The first-order valence-corrected chi connectivity index (χ1v) is 6.88. The normalized spacial score (nSPS) is 22.9. The van der Waals surface area contributed by atoms with E-state index in [0.717, 1.165) is 18.5 Å². The highest BCUT2D eigenvalue weighted by atomic mass is 16.6. The van der Waals surface area contributed by atoms with Crippen molar-refractivity contribution in [2.75, 3.05) is 25.0 Å². The van der Waals surface area contributed by atoms with E-state index in [1.54, 1.807) is 6.07 Å². The molecular weight excluding hydrogens is 258 g/mol. The van der Waals surface area contributed by atoms with Gasteiger partial charge in [0.2, 0.25) is 0 Å². The highest BCUT2D eigenvalue weighted by Crippen LogP contribution is 2.31. The zero-order chi connectivity index (χ0) is 14.8. The van der Waals surface area contributed by atoms with Gasteiger partial charge in [0.1, 0.15) is 5.69 Å². The molecule has 0 amide bonds.